The molecule has 0 aliphatic rings. The zero-order valence-electron chi connectivity index (χ0n) is 9.61. The molecule has 3 heteroatoms. The number of nitrogens with two attached hydrogens (primary N) is 1. The van der Waals surface area contributed by atoms with Crippen molar-refractivity contribution in [2.75, 3.05) is 13.2 Å². The summed E-state index contributed by atoms with van der Waals surface area (Å²) in [6, 6.07) is 3.76. The molecule has 2 atom stereocenters. The molecule has 0 radical (unpaired) electrons. The van der Waals surface area contributed by atoms with Gasteiger partial charge in [-0.05, 0) is 24.5 Å². The number of furan rings is 1. The minimum Gasteiger partial charge on any atom is -0.467 e. The second-order valence-corrected chi connectivity index (χ2v) is 3.97. The first-order valence-electron chi connectivity index (χ1n) is 5.63. The Morgan fingerprint density at radius 2 is 2.33 bits per heavy atom. The molecule has 1 rings (SSSR count). The van der Waals surface area contributed by atoms with Gasteiger partial charge in [-0.1, -0.05) is 20.3 Å². The van der Waals surface area contributed by atoms with Gasteiger partial charge in [0.25, 0.3) is 0 Å². The van der Waals surface area contributed by atoms with Gasteiger partial charge in [0.2, 0.25) is 0 Å². The zero-order valence-corrected chi connectivity index (χ0v) is 9.61. The predicted octanol–water partition coefficient (Wildman–Crippen LogP) is 2.73. The molecule has 15 heavy (non-hydrogen) atoms. The molecule has 0 aliphatic carbocycles. The molecular formula is C12H21NO2. The highest BCUT2D eigenvalue weighted by atomic mass is 16.5. The monoisotopic (exact) mass is 211 g/mol. The lowest BCUT2D eigenvalue weighted by Crippen LogP contribution is -2.18. The van der Waals surface area contributed by atoms with Crippen LogP contribution in [0.1, 0.15) is 38.6 Å². The largest absolute Gasteiger partial charge is 0.467 e. The molecular weight excluding hydrogens is 190 g/mol. The Bertz CT molecular complexity index is 246. The van der Waals surface area contributed by atoms with Gasteiger partial charge >= 0.3 is 0 Å². The Hall–Kier alpha value is -0.800. The maximum absolute atomic E-state index is 5.73. The van der Waals surface area contributed by atoms with Crippen LogP contribution in [0.3, 0.4) is 0 Å². The van der Waals surface area contributed by atoms with Crippen LogP contribution in [-0.4, -0.2) is 13.2 Å². The molecule has 1 heterocycles. The van der Waals surface area contributed by atoms with E-state index >= 15 is 0 Å². The van der Waals surface area contributed by atoms with Gasteiger partial charge in [-0.2, -0.15) is 0 Å². The quantitative estimate of drug-likeness (QED) is 0.754. The topological polar surface area (TPSA) is 48.4 Å². The zero-order chi connectivity index (χ0) is 11.1. The van der Waals surface area contributed by atoms with Gasteiger partial charge in [-0.15, -0.1) is 0 Å². The first kappa shape index (κ1) is 12.3. The van der Waals surface area contributed by atoms with Gasteiger partial charge in [0.1, 0.15) is 11.9 Å². The summed E-state index contributed by atoms with van der Waals surface area (Å²) in [7, 11) is 0. The van der Waals surface area contributed by atoms with E-state index in [2.05, 4.69) is 13.8 Å². The third-order valence-electron chi connectivity index (χ3n) is 2.44. The van der Waals surface area contributed by atoms with E-state index in [-0.39, 0.29) is 6.10 Å². The fourth-order valence-corrected chi connectivity index (χ4v) is 1.60. The predicted molar refractivity (Wildman–Crippen MR) is 60.5 cm³/mol. The molecule has 1 aromatic heterocycles. The highest BCUT2D eigenvalue weighted by Crippen LogP contribution is 2.18. The van der Waals surface area contributed by atoms with E-state index in [4.69, 9.17) is 14.9 Å². The molecule has 0 fully saturated rings. The minimum atomic E-state index is -0.0979. The molecule has 0 aromatic carbocycles. The minimum absolute atomic E-state index is 0.0979. The van der Waals surface area contributed by atoms with E-state index in [1.54, 1.807) is 6.26 Å². The summed E-state index contributed by atoms with van der Waals surface area (Å²) < 4.78 is 11.0. The standard InChI is InChI=1S/C12H21NO2/c1-3-5-10(2)9-15-12(8-13)11-6-4-7-14-11/h4,6-7,10,12H,3,5,8-9,13H2,1-2H3. The molecule has 0 amide bonds. The van der Waals surface area contributed by atoms with Crippen molar-refractivity contribution >= 4 is 0 Å². The van der Waals surface area contributed by atoms with Crippen LogP contribution in [0, 0.1) is 5.92 Å². The van der Waals surface area contributed by atoms with Gasteiger partial charge < -0.3 is 14.9 Å². The van der Waals surface area contributed by atoms with Gasteiger partial charge in [0.05, 0.1) is 12.9 Å². The Morgan fingerprint density at radius 3 is 2.87 bits per heavy atom. The number of hydrogen-bond donors (Lipinski definition) is 1. The van der Waals surface area contributed by atoms with Crippen LogP contribution in [0.25, 0.3) is 0 Å². The summed E-state index contributed by atoms with van der Waals surface area (Å²) in [6.45, 7) is 5.59. The van der Waals surface area contributed by atoms with Crippen LogP contribution in [0.2, 0.25) is 0 Å². The normalized spacial score (nSPS) is 15.1. The third-order valence-corrected chi connectivity index (χ3v) is 2.44. The van der Waals surface area contributed by atoms with Crippen LogP contribution < -0.4 is 5.73 Å². The van der Waals surface area contributed by atoms with Crippen molar-refractivity contribution in [1.82, 2.24) is 0 Å². The number of hydrogen-bond acceptors (Lipinski definition) is 3. The maximum Gasteiger partial charge on any atom is 0.133 e. The second-order valence-electron chi connectivity index (χ2n) is 3.97. The van der Waals surface area contributed by atoms with Crippen LogP contribution in [-0.2, 0) is 4.74 Å². The van der Waals surface area contributed by atoms with E-state index in [1.807, 2.05) is 12.1 Å². The van der Waals surface area contributed by atoms with Crippen molar-refractivity contribution < 1.29 is 9.15 Å². The van der Waals surface area contributed by atoms with Gasteiger partial charge in [0, 0.05) is 6.54 Å². The van der Waals surface area contributed by atoms with E-state index in [9.17, 15) is 0 Å². The fraction of sp³-hybridized carbons (Fsp3) is 0.667. The molecule has 0 aliphatic heterocycles. The molecule has 0 saturated heterocycles. The van der Waals surface area contributed by atoms with Gasteiger partial charge in [-0.25, -0.2) is 0 Å². The Kier molecular flexibility index (Phi) is 5.43. The van der Waals surface area contributed by atoms with Crippen LogP contribution in [0.5, 0.6) is 0 Å². The van der Waals surface area contributed by atoms with E-state index in [1.165, 1.54) is 12.8 Å². The first-order chi connectivity index (χ1) is 7.27. The molecule has 0 bridgehead atoms. The van der Waals surface area contributed by atoms with E-state index in [0.717, 1.165) is 12.4 Å². The lowest BCUT2D eigenvalue weighted by Gasteiger charge is -2.17. The highest BCUT2D eigenvalue weighted by Gasteiger charge is 2.14. The molecule has 1 aromatic rings. The molecule has 2 N–H and O–H groups in total. The summed E-state index contributed by atoms with van der Waals surface area (Å²) >= 11 is 0. The molecule has 3 nitrogen and oxygen atoms in total. The summed E-state index contributed by atoms with van der Waals surface area (Å²) in [6.07, 6.45) is 3.93. The van der Waals surface area contributed by atoms with Crippen LogP contribution >= 0.6 is 0 Å². The number of rotatable bonds is 7. The van der Waals surface area contributed by atoms with Crippen molar-refractivity contribution in [2.24, 2.45) is 11.7 Å². The third kappa shape index (κ3) is 4.06. The summed E-state index contributed by atoms with van der Waals surface area (Å²) in [5.74, 6) is 1.40. The first-order valence-corrected chi connectivity index (χ1v) is 5.63. The molecule has 86 valence electrons. The lowest BCUT2D eigenvalue weighted by atomic mass is 10.1. The van der Waals surface area contributed by atoms with Crippen molar-refractivity contribution in [2.45, 2.75) is 32.8 Å². The average molecular weight is 211 g/mol. The summed E-state index contributed by atoms with van der Waals surface area (Å²) in [4.78, 5) is 0. The van der Waals surface area contributed by atoms with E-state index in [0.29, 0.717) is 12.5 Å². The van der Waals surface area contributed by atoms with Gasteiger partial charge in [0.15, 0.2) is 0 Å². The fourth-order valence-electron chi connectivity index (χ4n) is 1.60. The van der Waals surface area contributed by atoms with Gasteiger partial charge in [-0.3, -0.25) is 0 Å². The smallest absolute Gasteiger partial charge is 0.133 e. The maximum atomic E-state index is 5.73. The average Bonchev–Trinajstić information content (AvgIpc) is 2.72. The molecule has 0 saturated carbocycles. The van der Waals surface area contributed by atoms with Crippen molar-refractivity contribution in [3.8, 4) is 0 Å². The second kappa shape index (κ2) is 6.64. The van der Waals surface area contributed by atoms with Crippen molar-refractivity contribution in [1.29, 1.82) is 0 Å². The Morgan fingerprint density at radius 1 is 1.53 bits per heavy atom. The Labute approximate surface area is 91.6 Å². The van der Waals surface area contributed by atoms with Crippen LogP contribution in [0.4, 0.5) is 0 Å². The van der Waals surface area contributed by atoms with Crippen molar-refractivity contribution in [3.05, 3.63) is 24.2 Å². The molecule has 2 unspecified atom stereocenters. The van der Waals surface area contributed by atoms with Crippen molar-refractivity contribution in [3.63, 3.8) is 0 Å². The van der Waals surface area contributed by atoms with Crippen LogP contribution in [0.15, 0.2) is 22.8 Å². The highest BCUT2D eigenvalue weighted by molar-refractivity contribution is 5.02. The summed E-state index contributed by atoms with van der Waals surface area (Å²) in [5, 5.41) is 0. The molecule has 0 spiro atoms. The Balaban J connectivity index is 2.35. The summed E-state index contributed by atoms with van der Waals surface area (Å²) in [5.41, 5.74) is 5.64. The lowest BCUT2D eigenvalue weighted by molar-refractivity contribution is 0.0224. The number of ether oxygens (including phenoxy) is 1. The van der Waals surface area contributed by atoms with E-state index < -0.39 is 0 Å². The SMILES string of the molecule is CCCC(C)COC(CN)c1ccco1.